The first-order valence-corrected chi connectivity index (χ1v) is 8.10. The molecule has 124 valence electrons. The number of carbonyl (C=O) groups excluding carboxylic acids is 1. The lowest BCUT2D eigenvalue weighted by Crippen LogP contribution is -2.33. The fraction of sp³-hybridized carbons (Fsp3) is 0.444. The Bertz CT molecular complexity index is 634. The molecule has 0 bridgehead atoms. The fourth-order valence-corrected chi connectivity index (χ4v) is 2.63. The fourth-order valence-electron chi connectivity index (χ4n) is 2.63. The Balaban J connectivity index is 2.20. The van der Waals surface area contributed by atoms with Crippen molar-refractivity contribution in [3.63, 3.8) is 0 Å². The molecule has 0 fully saturated rings. The molecular weight excluding hydrogens is 288 g/mol. The Labute approximate surface area is 138 Å². The molecule has 2 aromatic rings. The van der Waals surface area contributed by atoms with Crippen LogP contribution >= 0.6 is 0 Å². The van der Waals surface area contributed by atoms with Crippen molar-refractivity contribution in [2.75, 3.05) is 13.1 Å². The predicted molar refractivity (Wildman–Crippen MR) is 92.2 cm³/mol. The third kappa shape index (κ3) is 4.42. The van der Waals surface area contributed by atoms with Crippen molar-refractivity contribution >= 4 is 5.91 Å². The average Bonchev–Trinajstić information content (AvgIpc) is 2.94. The van der Waals surface area contributed by atoms with Crippen molar-refractivity contribution in [1.82, 2.24) is 14.7 Å². The van der Waals surface area contributed by atoms with Gasteiger partial charge < -0.3 is 10.6 Å². The number of nitrogens with zero attached hydrogens (tertiary/aromatic N) is 3. The molecule has 0 unspecified atom stereocenters. The quantitative estimate of drug-likeness (QED) is 0.854. The van der Waals surface area contributed by atoms with Crippen LogP contribution in [0.1, 0.15) is 47.9 Å². The highest BCUT2D eigenvalue weighted by atomic mass is 16.2. The van der Waals surface area contributed by atoms with E-state index in [1.165, 1.54) is 0 Å². The number of hydrogen-bond donors (Lipinski definition) is 1. The van der Waals surface area contributed by atoms with Crippen molar-refractivity contribution < 1.29 is 4.79 Å². The molecule has 0 atom stereocenters. The summed E-state index contributed by atoms with van der Waals surface area (Å²) in [4.78, 5) is 14.7. The molecule has 2 rings (SSSR count). The van der Waals surface area contributed by atoms with Gasteiger partial charge in [-0.15, -0.1) is 0 Å². The molecule has 0 aliphatic carbocycles. The van der Waals surface area contributed by atoms with E-state index in [4.69, 9.17) is 5.73 Å². The van der Waals surface area contributed by atoms with Gasteiger partial charge in [-0.25, -0.2) is 0 Å². The number of aromatic nitrogens is 2. The maximum Gasteiger partial charge on any atom is 0.274 e. The summed E-state index contributed by atoms with van der Waals surface area (Å²) in [6.45, 7) is 5.98. The van der Waals surface area contributed by atoms with Crippen LogP contribution in [0.15, 0.2) is 36.4 Å². The normalized spacial score (nSPS) is 11.0. The van der Waals surface area contributed by atoms with Gasteiger partial charge in [0.05, 0.1) is 0 Å². The van der Waals surface area contributed by atoms with Gasteiger partial charge in [-0.05, 0) is 30.5 Å². The summed E-state index contributed by atoms with van der Waals surface area (Å²) in [7, 11) is 1.88. The Morgan fingerprint density at radius 3 is 2.57 bits per heavy atom. The molecule has 5 nitrogen and oxygen atoms in total. The smallest absolute Gasteiger partial charge is 0.274 e. The van der Waals surface area contributed by atoms with Gasteiger partial charge in [0.1, 0.15) is 0 Å². The summed E-state index contributed by atoms with van der Waals surface area (Å²) in [6, 6.07) is 11.9. The Kier molecular flexibility index (Phi) is 5.93. The average molecular weight is 314 g/mol. The molecule has 1 amide bonds. The molecule has 2 N–H and O–H groups in total. The summed E-state index contributed by atoms with van der Waals surface area (Å²) >= 11 is 0. The summed E-state index contributed by atoms with van der Waals surface area (Å²) < 4.78 is 1.79. The first kappa shape index (κ1) is 17.2. The minimum absolute atomic E-state index is 0.0372. The summed E-state index contributed by atoms with van der Waals surface area (Å²) in [5.41, 5.74) is 8.29. The van der Waals surface area contributed by atoms with E-state index in [2.05, 4.69) is 18.9 Å². The molecule has 1 aromatic heterocycles. The number of hydrogen-bond acceptors (Lipinski definition) is 3. The molecule has 0 spiro atoms. The van der Waals surface area contributed by atoms with Crippen molar-refractivity contribution in [2.45, 2.75) is 32.7 Å². The molecule has 0 saturated carbocycles. The Hall–Kier alpha value is -2.14. The number of nitrogens with two attached hydrogens (primary N) is 1. The maximum absolute atomic E-state index is 12.9. The van der Waals surface area contributed by atoms with Crippen molar-refractivity contribution in [3.8, 4) is 0 Å². The number of rotatable bonds is 7. The van der Waals surface area contributed by atoms with Crippen molar-refractivity contribution in [3.05, 3.63) is 53.3 Å². The van der Waals surface area contributed by atoms with Crippen LogP contribution in [0.3, 0.4) is 0 Å². The van der Waals surface area contributed by atoms with Crippen LogP contribution in [0, 0.1) is 0 Å². The Morgan fingerprint density at radius 1 is 1.30 bits per heavy atom. The zero-order valence-electron chi connectivity index (χ0n) is 14.2. The van der Waals surface area contributed by atoms with E-state index < -0.39 is 0 Å². The van der Waals surface area contributed by atoms with Gasteiger partial charge in [-0.1, -0.05) is 44.2 Å². The molecule has 23 heavy (non-hydrogen) atoms. The minimum Gasteiger partial charge on any atom is -0.333 e. The number of benzene rings is 1. The van der Waals surface area contributed by atoms with Crippen LogP contribution in [0.5, 0.6) is 0 Å². The molecular formula is C18H26N4O. The highest BCUT2D eigenvalue weighted by Crippen LogP contribution is 2.17. The zero-order valence-corrected chi connectivity index (χ0v) is 14.2. The third-order valence-electron chi connectivity index (χ3n) is 3.86. The highest BCUT2D eigenvalue weighted by molar-refractivity contribution is 5.92. The van der Waals surface area contributed by atoms with E-state index in [1.807, 2.05) is 48.3 Å². The topological polar surface area (TPSA) is 64.2 Å². The molecule has 0 saturated heterocycles. The van der Waals surface area contributed by atoms with Crippen LogP contribution in [-0.4, -0.2) is 33.7 Å². The molecule has 1 heterocycles. The van der Waals surface area contributed by atoms with Gasteiger partial charge in [0.25, 0.3) is 5.91 Å². The third-order valence-corrected chi connectivity index (χ3v) is 3.86. The van der Waals surface area contributed by atoms with Gasteiger partial charge in [-0.3, -0.25) is 9.48 Å². The van der Waals surface area contributed by atoms with Gasteiger partial charge in [0.2, 0.25) is 0 Å². The van der Waals surface area contributed by atoms with Gasteiger partial charge in [-0.2, -0.15) is 5.10 Å². The van der Waals surface area contributed by atoms with Crippen LogP contribution in [0.25, 0.3) is 0 Å². The lowest BCUT2D eigenvalue weighted by atomic mass is 10.1. The number of amides is 1. The second kappa shape index (κ2) is 7.92. The van der Waals surface area contributed by atoms with E-state index in [9.17, 15) is 4.79 Å². The summed E-state index contributed by atoms with van der Waals surface area (Å²) in [5.74, 6) is 0.297. The van der Waals surface area contributed by atoms with E-state index in [-0.39, 0.29) is 5.91 Å². The SMILES string of the molecule is CC(C)c1cc(C(=O)N(CCCN)Cc2ccccc2)nn1C. The lowest BCUT2D eigenvalue weighted by molar-refractivity contribution is 0.0735. The van der Waals surface area contributed by atoms with Crippen LogP contribution in [-0.2, 0) is 13.6 Å². The molecule has 5 heteroatoms. The second-order valence-electron chi connectivity index (χ2n) is 6.09. The lowest BCUT2D eigenvalue weighted by Gasteiger charge is -2.21. The highest BCUT2D eigenvalue weighted by Gasteiger charge is 2.20. The van der Waals surface area contributed by atoms with Crippen LogP contribution in [0.4, 0.5) is 0 Å². The summed E-state index contributed by atoms with van der Waals surface area (Å²) in [6.07, 6.45) is 0.780. The predicted octanol–water partition coefficient (Wildman–Crippen LogP) is 2.53. The van der Waals surface area contributed by atoms with Crippen molar-refractivity contribution in [1.29, 1.82) is 0 Å². The second-order valence-corrected chi connectivity index (χ2v) is 6.09. The first-order valence-electron chi connectivity index (χ1n) is 8.10. The number of carbonyl (C=O) groups is 1. The molecule has 0 aliphatic heterocycles. The van der Waals surface area contributed by atoms with Crippen LogP contribution < -0.4 is 5.73 Å². The number of aryl methyl sites for hydroxylation is 1. The van der Waals surface area contributed by atoms with E-state index in [1.54, 1.807) is 4.68 Å². The molecule has 1 aromatic carbocycles. The van der Waals surface area contributed by atoms with Gasteiger partial charge >= 0.3 is 0 Å². The summed E-state index contributed by atoms with van der Waals surface area (Å²) in [5, 5.41) is 4.40. The van der Waals surface area contributed by atoms with Gasteiger partial charge in [0, 0.05) is 25.8 Å². The van der Waals surface area contributed by atoms with Crippen LogP contribution in [0.2, 0.25) is 0 Å². The minimum atomic E-state index is -0.0372. The first-order chi connectivity index (χ1) is 11.0. The van der Waals surface area contributed by atoms with Crippen molar-refractivity contribution in [2.24, 2.45) is 12.8 Å². The molecule has 0 aliphatic rings. The molecule has 0 radical (unpaired) electrons. The van der Waals surface area contributed by atoms with E-state index >= 15 is 0 Å². The van der Waals surface area contributed by atoms with E-state index in [0.29, 0.717) is 31.2 Å². The van der Waals surface area contributed by atoms with Gasteiger partial charge in [0.15, 0.2) is 5.69 Å². The van der Waals surface area contributed by atoms with E-state index in [0.717, 1.165) is 17.7 Å². The Morgan fingerprint density at radius 2 is 2.00 bits per heavy atom. The zero-order chi connectivity index (χ0) is 16.8. The largest absolute Gasteiger partial charge is 0.333 e. The monoisotopic (exact) mass is 314 g/mol. The maximum atomic E-state index is 12.9. The standard InChI is InChI=1S/C18H26N4O/c1-14(2)17-12-16(20-21(17)3)18(23)22(11-7-10-19)13-15-8-5-4-6-9-15/h4-6,8-9,12,14H,7,10-11,13,19H2,1-3H3.